The number of nitrogens with one attached hydrogen (secondary N) is 1. The highest BCUT2D eigenvalue weighted by molar-refractivity contribution is 7.89. The summed E-state index contributed by atoms with van der Waals surface area (Å²) in [5.41, 5.74) is 0.581. The standard InChI is InChI=1S/C22H18F4N2O3S/c1-14-2-8-17(9-3-14)32(30,31)28(12-15-4-6-16(23)7-5-15)13-20(29)27-19-11-10-18(24)21(25)22(19)26/h2-11H,12-13H2,1H3,(H,27,29). The number of sulfonamides is 1. The third-order valence-electron chi connectivity index (χ3n) is 4.56. The second kappa shape index (κ2) is 9.49. The molecule has 168 valence electrons. The largest absolute Gasteiger partial charge is 0.322 e. The topological polar surface area (TPSA) is 66.5 Å². The maximum Gasteiger partial charge on any atom is 0.243 e. The van der Waals surface area contributed by atoms with Gasteiger partial charge < -0.3 is 5.32 Å². The van der Waals surface area contributed by atoms with Gasteiger partial charge in [-0.05, 0) is 48.9 Å². The molecule has 0 saturated carbocycles. The molecule has 0 aliphatic carbocycles. The molecular weight excluding hydrogens is 448 g/mol. The maximum absolute atomic E-state index is 13.9. The van der Waals surface area contributed by atoms with Crippen molar-refractivity contribution < 1.29 is 30.8 Å². The Morgan fingerprint density at radius 3 is 2.12 bits per heavy atom. The molecule has 0 unspecified atom stereocenters. The van der Waals surface area contributed by atoms with Gasteiger partial charge >= 0.3 is 0 Å². The summed E-state index contributed by atoms with van der Waals surface area (Å²) >= 11 is 0. The number of rotatable bonds is 7. The van der Waals surface area contributed by atoms with Crippen molar-refractivity contribution in [2.75, 3.05) is 11.9 Å². The van der Waals surface area contributed by atoms with Gasteiger partial charge in [-0.3, -0.25) is 4.79 Å². The van der Waals surface area contributed by atoms with E-state index in [0.717, 1.165) is 28.1 Å². The van der Waals surface area contributed by atoms with Crippen LogP contribution in [0.25, 0.3) is 0 Å². The van der Waals surface area contributed by atoms with Crippen LogP contribution in [0.4, 0.5) is 23.2 Å². The number of hydrogen-bond acceptors (Lipinski definition) is 3. The van der Waals surface area contributed by atoms with Gasteiger partial charge in [-0.2, -0.15) is 4.31 Å². The third-order valence-corrected chi connectivity index (χ3v) is 6.37. The average Bonchev–Trinajstić information content (AvgIpc) is 2.75. The van der Waals surface area contributed by atoms with E-state index >= 15 is 0 Å². The van der Waals surface area contributed by atoms with Crippen LogP contribution in [0.5, 0.6) is 0 Å². The molecule has 0 aliphatic rings. The van der Waals surface area contributed by atoms with Gasteiger partial charge in [0, 0.05) is 6.54 Å². The van der Waals surface area contributed by atoms with E-state index in [-0.39, 0.29) is 11.4 Å². The molecule has 1 amide bonds. The highest BCUT2D eigenvalue weighted by Gasteiger charge is 2.27. The normalized spacial score (nSPS) is 11.6. The van der Waals surface area contributed by atoms with E-state index in [0.29, 0.717) is 11.6 Å². The Bertz CT molecular complexity index is 1230. The predicted molar refractivity (Wildman–Crippen MR) is 110 cm³/mol. The molecule has 3 aromatic carbocycles. The van der Waals surface area contributed by atoms with E-state index in [1.807, 2.05) is 5.32 Å². The van der Waals surface area contributed by atoms with E-state index in [1.165, 1.54) is 24.3 Å². The Balaban J connectivity index is 1.89. The van der Waals surface area contributed by atoms with Gasteiger partial charge in [-0.25, -0.2) is 26.0 Å². The smallest absolute Gasteiger partial charge is 0.243 e. The number of hydrogen-bond donors (Lipinski definition) is 1. The van der Waals surface area contributed by atoms with Crippen molar-refractivity contribution in [3.63, 3.8) is 0 Å². The van der Waals surface area contributed by atoms with Crippen LogP contribution in [-0.2, 0) is 21.4 Å². The van der Waals surface area contributed by atoms with E-state index < -0.39 is 51.4 Å². The lowest BCUT2D eigenvalue weighted by molar-refractivity contribution is -0.116. The third kappa shape index (κ3) is 5.32. The SMILES string of the molecule is Cc1ccc(S(=O)(=O)N(CC(=O)Nc2ccc(F)c(F)c2F)Cc2ccc(F)cc2)cc1. The van der Waals surface area contributed by atoms with Crippen molar-refractivity contribution in [1.82, 2.24) is 4.31 Å². The fourth-order valence-electron chi connectivity index (χ4n) is 2.85. The van der Waals surface area contributed by atoms with Gasteiger partial charge in [-0.1, -0.05) is 29.8 Å². The summed E-state index contributed by atoms with van der Waals surface area (Å²) in [6.07, 6.45) is 0. The highest BCUT2D eigenvalue weighted by Crippen LogP contribution is 2.22. The minimum Gasteiger partial charge on any atom is -0.322 e. The minimum atomic E-state index is -4.19. The Kier molecular flexibility index (Phi) is 6.95. The Morgan fingerprint density at radius 2 is 1.50 bits per heavy atom. The molecule has 3 aromatic rings. The van der Waals surface area contributed by atoms with Gasteiger partial charge in [0.25, 0.3) is 0 Å². The fraction of sp³-hybridized carbons (Fsp3) is 0.136. The molecule has 1 N–H and O–H groups in total. The van der Waals surface area contributed by atoms with Crippen LogP contribution in [0.15, 0.2) is 65.6 Å². The van der Waals surface area contributed by atoms with Crippen LogP contribution in [0, 0.1) is 30.2 Å². The lowest BCUT2D eigenvalue weighted by Gasteiger charge is -2.22. The lowest BCUT2D eigenvalue weighted by Crippen LogP contribution is -2.37. The molecule has 5 nitrogen and oxygen atoms in total. The molecular formula is C22H18F4N2O3S. The summed E-state index contributed by atoms with van der Waals surface area (Å²) < 4.78 is 80.8. The van der Waals surface area contributed by atoms with E-state index in [4.69, 9.17) is 0 Å². The molecule has 0 aromatic heterocycles. The van der Waals surface area contributed by atoms with Crippen molar-refractivity contribution in [2.45, 2.75) is 18.4 Å². The summed E-state index contributed by atoms with van der Waals surface area (Å²) in [4.78, 5) is 12.4. The first-order valence-corrected chi connectivity index (χ1v) is 10.8. The predicted octanol–water partition coefficient (Wildman–Crippen LogP) is 4.38. The van der Waals surface area contributed by atoms with Crippen molar-refractivity contribution in [3.05, 3.63) is 95.1 Å². The first-order valence-electron chi connectivity index (χ1n) is 9.32. The number of amides is 1. The molecule has 0 spiro atoms. The molecule has 0 saturated heterocycles. The lowest BCUT2D eigenvalue weighted by atomic mass is 10.2. The van der Waals surface area contributed by atoms with Crippen molar-refractivity contribution in [1.29, 1.82) is 0 Å². The molecule has 0 aliphatic heterocycles. The zero-order valence-corrected chi connectivity index (χ0v) is 17.6. The Morgan fingerprint density at radius 1 is 0.875 bits per heavy atom. The first kappa shape index (κ1) is 23.4. The van der Waals surface area contributed by atoms with E-state index in [9.17, 15) is 30.8 Å². The number of nitrogens with zero attached hydrogens (tertiary/aromatic N) is 1. The summed E-state index contributed by atoms with van der Waals surface area (Å²) in [7, 11) is -4.19. The van der Waals surface area contributed by atoms with Gasteiger partial charge in [0.1, 0.15) is 5.82 Å². The summed E-state index contributed by atoms with van der Waals surface area (Å²) in [6.45, 7) is 0.729. The molecule has 10 heteroatoms. The molecule has 0 bridgehead atoms. The average molecular weight is 466 g/mol. The van der Waals surface area contributed by atoms with E-state index in [2.05, 4.69) is 0 Å². The van der Waals surface area contributed by atoms with Crippen molar-refractivity contribution >= 4 is 21.6 Å². The zero-order valence-electron chi connectivity index (χ0n) is 16.8. The number of carbonyl (C=O) groups is 1. The summed E-state index contributed by atoms with van der Waals surface area (Å²) in [5.74, 6) is -6.30. The monoisotopic (exact) mass is 466 g/mol. The molecule has 0 atom stereocenters. The zero-order chi connectivity index (χ0) is 23.5. The van der Waals surface area contributed by atoms with E-state index in [1.54, 1.807) is 19.1 Å². The van der Waals surface area contributed by atoms with Gasteiger partial charge in [0.05, 0.1) is 17.1 Å². The number of halogens is 4. The maximum atomic E-state index is 13.9. The second-order valence-electron chi connectivity index (χ2n) is 6.98. The van der Waals surface area contributed by atoms with Gasteiger partial charge in [-0.15, -0.1) is 0 Å². The molecule has 3 rings (SSSR count). The van der Waals surface area contributed by atoms with Crippen LogP contribution < -0.4 is 5.32 Å². The van der Waals surface area contributed by atoms with Crippen LogP contribution in [0.1, 0.15) is 11.1 Å². The van der Waals surface area contributed by atoms with Crippen LogP contribution >= 0.6 is 0 Å². The van der Waals surface area contributed by atoms with Gasteiger partial charge in [0.15, 0.2) is 17.5 Å². The number of aryl methyl sites for hydroxylation is 1. The van der Waals surface area contributed by atoms with Crippen LogP contribution in [0.2, 0.25) is 0 Å². The van der Waals surface area contributed by atoms with Crippen LogP contribution in [-0.4, -0.2) is 25.2 Å². The fourth-order valence-corrected chi connectivity index (χ4v) is 4.24. The Labute approximate surface area is 182 Å². The molecule has 0 radical (unpaired) electrons. The summed E-state index contributed by atoms with van der Waals surface area (Å²) in [5, 5.41) is 2.05. The summed E-state index contributed by atoms with van der Waals surface area (Å²) in [6, 6.07) is 12.4. The molecule has 0 fully saturated rings. The van der Waals surface area contributed by atoms with Crippen LogP contribution in [0.3, 0.4) is 0 Å². The second-order valence-corrected chi connectivity index (χ2v) is 8.92. The minimum absolute atomic E-state index is 0.0861. The van der Waals surface area contributed by atoms with Crippen molar-refractivity contribution in [3.8, 4) is 0 Å². The molecule has 0 heterocycles. The number of anilines is 1. The first-order chi connectivity index (χ1) is 15.1. The van der Waals surface area contributed by atoms with Gasteiger partial charge in [0.2, 0.25) is 15.9 Å². The Hall–Kier alpha value is -3.24. The number of benzene rings is 3. The molecule has 32 heavy (non-hydrogen) atoms. The highest BCUT2D eigenvalue weighted by atomic mass is 32.2. The quantitative estimate of drug-likeness (QED) is 0.415. The number of carbonyl (C=O) groups excluding carboxylic acids is 1. The van der Waals surface area contributed by atoms with Crippen molar-refractivity contribution in [2.24, 2.45) is 0 Å².